The Morgan fingerprint density at radius 3 is 2.41 bits per heavy atom. The third-order valence-corrected chi connectivity index (χ3v) is 2.95. The van der Waals surface area contributed by atoms with Crippen molar-refractivity contribution < 1.29 is 8.78 Å². The standard InChI is InChI=1S/C14H21F2N/c1-11-9-14(16)12(10-13(11)15)7-5-3-4-6-8-17-2/h9-10,17H,3-8H2,1-2H3. The molecule has 0 radical (unpaired) electrons. The minimum Gasteiger partial charge on any atom is -0.320 e. The lowest BCUT2D eigenvalue weighted by Gasteiger charge is -2.05. The highest BCUT2D eigenvalue weighted by Crippen LogP contribution is 2.16. The van der Waals surface area contributed by atoms with Crippen molar-refractivity contribution in [2.75, 3.05) is 13.6 Å². The normalized spacial score (nSPS) is 10.8. The van der Waals surface area contributed by atoms with E-state index >= 15 is 0 Å². The van der Waals surface area contributed by atoms with Gasteiger partial charge in [0, 0.05) is 0 Å². The predicted molar refractivity (Wildman–Crippen MR) is 67.2 cm³/mol. The maximum absolute atomic E-state index is 13.5. The van der Waals surface area contributed by atoms with Crippen LogP contribution >= 0.6 is 0 Å². The van der Waals surface area contributed by atoms with Gasteiger partial charge in [-0.1, -0.05) is 12.8 Å². The Hall–Kier alpha value is -0.960. The molecule has 1 N–H and O–H groups in total. The first-order valence-corrected chi connectivity index (χ1v) is 6.24. The highest BCUT2D eigenvalue weighted by Gasteiger charge is 2.06. The van der Waals surface area contributed by atoms with Gasteiger partial charge in [0.2, 0.25) is 0 Å². The Kier molecular flexibility index (Phi) is 6.12. The number of hydrogen-bond acceptors (Lipinski definition) is 1. The number of unbranched alkanes of at least 4 members (excludes halogenated alkanes) is 3. The Bertz CT molecular complexity index is 350. The predicted octanol–water partition coefficient (Wildman–Crippen LogP) is 3.60. The van der Waals surface area contributed by atoms with E-state index in [4.69, 9.17) is 0 Å². The number of halogens is 2. The summed E-state index contributed by atoms with van der Waals surface area (Å²) in [6, 6.07) is 2.62. The van der Waals surface area contributed by atoms with Gasteiger partial charge in [-0.15, -0.1) is 0 Å². The van der Waals surface area contributed by atoms with Crippen molar-refractivity contribution in [3.05, 3.63) is 34.9 Å². The van der Waals surface area contributed by atoms with Crippen molar-refractivity contribution in [2.24, 2.45) is 0 Å². The molecule has 0 saturated heterocycles. The first kappa shape index (κ1) is 14.1. The highest BCUT2D eigenvalue weighted by atomic mass is 19.1. The van der Waals surface area contributed by atoms with E-state index in [1.807, 2.05) is 7.05 Å². The summed E-state index contributed by atoms with van der Waals surface area (Å²) in [5.74, 6) is -0.587. The van der Waals surface area contributed by atoms with E-state index < -0.39 is 0 Å². The average molecular weight is 241 g/mol. The lowest BCUT2D eigenvalue weighted by molar-refractivity contribution is 0.564. The molecule has 0 atom stereocenters. The van der Waals surface area contributed by atoms with Crippen LogP contribution in [0.3, 0.4) is 0 Å². The van der Waals surface area contributed by atoms with Crippen molar-refractivity contribution in [3.8, 4) is 0 Å². The van der Waals surface area contributed by atoms with Crippen molar-refractivity contribution in [3.63, 3.8) is 0 Å². The molecule has 17 heavy (non-hydrogen) atoms. The second kappa shape index (κ2) is 7.38. The number of rotatable bonds is 7. The summed E-state index contributed by atoms with van der Waals surface area (Å²) < 4.78 is 26.7. The van der Waals surface area contributed by atoms with E-state index in [1.54, 1.807) is 6.92 Å². The largest absolute Gasteiger partial charge is 0.320 e. The summed E-state index contributed by atoms with van der Waals surface area (Å²) in [6.45, 7) is 2.60. The molecule has 1 aromatic carbocycles. The van der Waals surface area contributed by atoms with Crippen LogP contribution in [-0.2, 0) is 6.42 Å². The van der Waals surface area contributed by atoms with Gasteiger partial charge in [-0.3, -0.25) is 0 Å². The molecule has 3 heteroatoms. The summed E-state index contributed by atoms with van der Waals surface area (Å²) in [5.41, 5.74) is 0.877. The molecule has 1 nitrogen and oxygen atoms in total. The molecule has 0 fully saturated rings. The average Bonchev–Trinajstić information content (AvgIpc) is 2.30. The van der Waals surface area contributed by atoms with Crippen molar-refractivity contribution >= 4 is 0 Å². The SMILES string of the molecule is CNCCCCCCc1cc(F)c(C)cc1F. The van der Waals surface area contributed by atoms with Crippen LogP contribution in [0.25, 0.3) is 0 Å². The van der Waals surface area contributed by atoms with Crippen LogP contribution in [0, 0.1) is 18.6 Å². The molecule has 1 rings (SSSR count). The van der Waals surface area contributed by atoms with E-state index in [1.165, 1.54) is 12.1 Å². The molecule has 1 aromatic rings. The molecule has 0 spiro atoms. The summed E-state index contributed by atoms with van der Waals surface area (Å²) in [7, 11) is 1.93. The minimum atomic E-state index is -0.309. The third-order valence-electron chi connectivity index (χ3n) is 2.95. The fraction of sp³-hybridized carbons (Fsp3) is 0.571. The minimum absolute atomic E-state index is 0.279. The van der Waals surface area contributed by atoms with Gasteiger partial charge >= 0.3 is 0 Å². The van der Waals surface area contributed by atoms with Crippen molar-refractivity contribution in [2.45, 2.75) is 39.0 Å². The Morgan fingerprint density at radius 2 is 1.71 bits per heavy atom. The van der Waals surface area contributed by atoms with E-state index in [-0.39, 0.29) is 11.6 Å². The number of nitrogens with one attached hydrogen (secondary N) is 1. The zero-order valence-electron chi connectivity index (χ0n) is 10.7. The van der Waals surface area contributed by atoms with Crippen LogP contribution in [0.2, 0.25) is 0 Å². The summed E-state index contributed by atoms with van der Waals surface area (Å²) in [6.07, 6.45) is 4.89. The van der Waals surface area contributed by atoms with Gasteiger partial charge in [0.25, 0.3) is 0 Å². The second-order valence-electron chi connectivity index (χ2n) is 4.46. The van der Waals surface area contributed by atoms with Gasteiger partial charge < -0.3 is 5.32 Å². The van der Waals surface area contributed by atoms with Crippen molar-refractivity contribution in [1.82, 2.24) is 5.32 Å². The molecule has 96 valence electrons. The monoisotopic (exact) mass is 241 g/mol. The van der Waals surface area contributed by atoms with Gasteiger partial charge in [-0.2, -0.15) is 0 Å². The fourth-order valence-electron chi connectivity index (χ4n) is 1.85. The molecule has 0 aromatic heterocycles. The fourth-order valence-corrected chi connectivity index (χ4v) is 1.85. The van der Waals surface area contributed by atoms with Crippen LogP contribution in [0.15, 0.2) is 12.1 Å². The molecule has 0 amide bonds. The van der Waals surface area contributed by atoms with Crippen LogP contribution in [0.5, 0.6) is 0 Å². The molecule has 0 aliphatic carbocycles. The highest BCUT2D eigenvalue weighted by molar-refractivity contribution is 5.25. The van der Waals surface area contributed by atoms with Gasteiger partial charge in [0.1, 0.15) is 11.6 Å². The zero-order valence-corrected chi connectivity index (χ0v) is 10.7. The number of aryl methyl sites for hydroxylation is 2. The molecule has 0 bridgehead atoms. The first-order valence-electron chi connectivity index (χ1n) is 6.24. The maximum Gasteiger partial charge on any atom is 0.126 e. The van der Waals surface area contributed by atoms with E-state index in [9.17, 15) is 8.78 Å². The Labute approximate surface area is 102 Å². The van der Waals surface area contributed by atoms with Crippen molar-refractivity contribution in [1.29, 1.82) is 0 Å². The topological polar surface area (TPSA) is 12.0 Å². The lowest BCUT2D eigenvalue weighted by Crippen LogP contribution is -2.07. The second-order valence-corrected chi connectivity index (χ2v) is 4.46. The maximum atomic E-state index is 13.5. The molecule has 0 aliphatic rings. The Morgan fingerprint density at radius 1 is 1.00 bits per heavy atom. The molecule has 0 aliphatic heterocycles. The van der Waals surface area contributed by atoms with E-state index in [0.717, 1.165) is 32.2 Å². The van der Waals surface area contributed by atoms with Gasteiger partial charge in [0.15, 0.2) is 0 Å². The van der Waals surface area contributed by atoms with Crippen LogP contribution in [0.4, 0.5) is 8.78 Å². The Balaban J connectivity index is 2.34. The van der Waals surface area contributed by atoms with E-state index in [0.29, 0.717) is 17.5 Å². The molecule has 0 heterocycles. The summed E-state index contributed by atoms with van der Waals surface area (Å²) >= 11 is 0. The third kappa shape index (κ3) is 4.82. The molecular formula is C14H21F2N. The van der Waals surface area contributed by atoms with Crippen LogP contribution in [-0.4, -0.2) is 13.6 Å². The molecule has 0 unspecified atom stereocenters. The molecule has 0 saturated carbocycles. The molecular weight excluding hydrogens is 220 g/mol. The smallest absolute Gasteiger partial charge is 0.126 e. The number of hydrogen-bond donors (Lipinski definition) is 1. The quantitative estimate of drug-likeness (QED) is 0.719. The van der Waals surface area contributed by atoms with E-state index in [2.05, 4.69) is 5.32 Å². The first-order chi connectivity index (χ1) is 8.15. The van der Waals surface area contributed by atoms with Gasteiger partial charge in [-0.05, 0) is 63.0 Å². The zero-order chi connectivity index (χ0) is 12.7. The van der Waals surface area contributed by atoms with Crippen LogP contribution < -0.4 is 5.32 Å². The van der Waals surface area contributed by atoms with Gasteiger partial charge in [-0.25, -0.2) is 8.78 Å². The van der Waals surface area contributed by atoms with Crippen LogP contribution in [0.1, 0.15) is 36.8 Å². The summed E-state index contributed by atoms with van der Waals surface area (Å²) in [5, 5.41) is 3.09. The van der Waals surface area contributed by atoms with Gasteiger partial charge in [0.05, 0.1) is 0 Å². The summed E-state index contributed by atoms with van der Waals surface area (Å²) in [4.78, 5) is 0. The number of benzene rings is 1. The lowest BCUT2D eigenvalue weighted by atomic mass is 10.0.